The molecule has 0 aromatic heterocycles. The van der Waals surface area contributed by atoms with Gasteiger partial charge < -0.3 is 20.1 Å². The summed E-state index contributed by atoms with van der Waals surface area (Å²) in [5, 5.41) is 11.4. The van der Waals surface area contributed by atoms with Gasteiger partial charge in [0.15, 0.2) is 0 Å². The maximum absolute atomic E-state index is 12.1. The molecule has 2 amide bonds. The number of urea groups is 1. The Bertz CT molecular complexity index is 502. The lowest BCUT2D eigenvalue weighted by Crippen LogP contribution is -2.56. The summed E-state index contributed by atoms with van der Waals surface area (Å²) in [5.41, 5.74) is -0.485. The molecular weight excluding hydrogens is 300 g/mol. The van der Waals surface area contributed by atoms with E-state index in [-0.39, 0.29) is 12.2 Å². The first kappa shape index (κ1) is 17.7. The smallest absolute Gasteiger partial charge is 0.326 e. The second kappa shape index (κ2) is 6.61. The number of amides is 2. The molecule has 0 aromatic rings. The molecule has 2 N–H and O–H groups in total. The van der Waals surface area contributed by atoms with Crippen LogP contribution < -0.4 is 5.32 Å². The molecule has 1 rings (SSSR count). The molecule has 0 aromatic carbocycles. The van der Waals surface area contributed by atoms with Crippen LogP contribution in [0.5, 0.6) is 0 Å². The molecule has 0 spiro atoms. The zero-order valence-electron chi connectivity index (χ0n) is 12.5. The van der Waals surface area contributed by atoms with E-state index < -0.39 is 33.5 Å². The molecule has 21 heavy (non-hydrogen) atoms. The Morgan fingerprint density at radius 3 is 2.52 bits per heavy atom. The van der Waals surface area contributed by atoms with Gasteiger partial charge in [0, 0.05) is 12.8 Å². The molecule has 8 nitrogen and oxygen atoms in total. The predicted octanol–water partition coefficient (Wildman–Crippen LogP) is -0.305. The van der Waals surface area contributed by atoms with E-state index in [1.165, 1.54) is 4.90 Å². The molecule has 0 radical (unpaired) electrons. The zero-order valence-corrected chi connectivity index (χ0v) is 13.3. The van der Waals surface area contributed by atoms with Crippen LogP contribution in [-0.4, -0.2) is 73.8 Å². The van der Waals surface area contributed by atoms with Gasteiger partial charge >= 0.3 is 12.0 Å². The topological polar surface area (TPSA) is 113 Å². The fraction of sp³-hybridized carbons (Fsp3) is 0.833. The molecule has 1 fully saturated rings. The van der Waals surface area contributed by atoms with Crippen LogP contribution in [0.4, 0.5) is 4.79 Å². The number of sulfone groups is 1. The lowest BCUT2D eigenvalue weighted by molar-refractivity contribution is -0.139. The van der Waals surface area contributed by atoms with Gasteiger partial charge in [0.1, 0.15) is 15.9 Å². The van der Waals surface area contributed by atoms with E-state index in [1.807, 2.05) is 13.8 Å². The number of carboxylic acids is 1. The van der Waals surface area contributed by atoms with Gasteiger partial charge in [-0.25, -0.2) is 18.0 Å². The highest BCUT2D eigenvalue weighted by atomic mass is 32.2. The van der Waals surface area contributed by atoms with Gasteiger partial charge in [-0.3, -0.25) is 0 Å². The number of hydrogen-bond acceptors (Lipinski definition) is 5. The lowest BCUT2D eigenvalue weighted by atomic mass is 10.1. The van der Waals surface area contributed by atoms with Crippen LogP contribution in [0.3, 0.4) is 0 Å². The van der Waals surface area contributed by atoms with Crippen molar-refractivity contribution in [2.45, 2.75) is 31.9 Å². The van der Waals surface area contributed by atoms with Crippen LogP contribution in [0.25, 0.3) is 0 Å². The number of morpholine rings is 1. The van der Waals surface area contributed by atoms with Crippen molar-refractivity contribution in [1.29, 1.82) is 0 Å². The van der Waals surface area contributed by atoms with Gasteiger partial charge in [0.2, 0.25) is 0 Å². The predicted molar refractivity (Wildman–Crippen MR) is 75.9 cm³/mol. The van der Waals surface area contributed by atoms with Crippen molar-refractivity contribution < 1.29 is 27.9 Å². The van der Waals surface area contributed by atoms with Gasteiger partial charge in [-0.1, -0.05) is 0 Å². The zero-order chi connectivity index (χ0) is 16.3. The van der Waals surface area contributed by atoms with E-state index in [2.05, 4.69) is 5.32 Å². The van der Waals surface area contributed by atoms with Gasteiger partial charge in [-0.2, -0.15) is 0 Å². The van der Waals surface area contributed by atoms with Crippen molar-refractivity contribution in [3.63, 3.8) is 0 Å². The summed E-state index contributed by atoms with van der Waals surface area (Å²) >= 11 is 0. The Labute approximate surface area is 124 Å². The number of ether oxygens (including phenoxy) is 1. The van der Waals surface area contributed by atoms with Crippen LogP contribution in [-0.2, 0) is 19.4 Å². The molecule has 1 unspecified atom stereocenters. The number of aliphatic carboxylic acids is 1. The minimum atomic E-state index is -3.28. The van der Waals surface area contributed by atoms with Crippen molar-refractivity contribution >= 4 is 21.8 Å². The normalized spacial score (nSPS) is 19.9. The molecule has 1 aliphatic rings. The highest BCUT2D eigenvalue weighted by Gasteiger charge is 2.32. The van der Waals surface area contributed by atoms with Gasteiger partial charge in [-0.15, -0.1) is 0 Å². The van der Waals surface area contributed by atoms with E-state index in [0.717, 1.165) is 6.26 Å². The molecule has 1 aliphatic heterocycles. The number of nitrogens with one attached hydrogen (secondary N) is 1. The average molecular weight is 322 g/mol. The molecule has 122 valence electrons. The second-order valence-electron chi connectivity index (χ2n) is 5.79. The molecule has 9 heteroatoms. The fourth-order valence-electron chi connectivity index (χ4n) is 2.02. The summed E-state index contributed by atoms with van der Waals surface area (Å²) in [5.74, 6) is -1.54. The number of carbonyl (C=O) groups excluding carboxylic acids is 1. The Balaban J connectivity index is 2.62. The molecule has 1 saturated heterocycles. The van der Waals surface area contributed by atoms with Crippen molar-refractivity contribution in [3.8, 4) is 0 Å². The van der Waals surface area contributed by atoms with Crippen LogP contribution in [0.1, 0.15) is 20.3 Å². The monoisotopic (exact) mass is 322 g/mol. The van der Waals surface area contributed by atoms with Gasteiger partial charge in [-0.05, 0) is 20.3 Å². The van der Waals surface area contributed by atoms with Crippen LogP contribution in [0.2, 0.25) is 0 Å². The van der Waals surface area contributed by atoms with Crippen molar-refractivity contribution in [1.82, 2.24) is 10.2 Å². The number of hydrogen-bond donors (Lipinski definition) is 2. The molecule has 0 aliphatic carbocycles. The van der Waals surface area contributed by atoms with Gasteiger partial charge in [0.25, 0.3) is 0 Å². The quantitative estimate of drug-likeness (QED) is 0.718. The highest BCUT2D eigenvalue weighted by Crippen LogP contribution is 2.16. The first-order valence-corrected chi connectivity index (χ1v) is 8.66. The Morgan fingerprint density at radius 1 is 1.43 bits per heavy atom. The third kappa shape index (κ3) is 6.30. The van der Waals surface area contributed by atoms with E-state index in [0.29, 0.717) is 19.7 Å². The number of nitrogens with zero attached hydrogens (tertiary/aromatic N) is 1. The number of carbonyl (C=O) groups is 2. The van der Waals surface area contributed by atoms with Crippen LogP contribution in [0.15, 0.2) is 0 Å². The lowest BCUT2D eigenvalue weighted by Gasteiger charge is -2.38. The number of carboxylic acid groups (broad SMARTS) is 1. The second-order valence-corrected chi connectivity index (χ2v) is 8.05. The molecule has 1 heterocycles. The minimum absolute atomic E-state index is 0.159. The Hall–Kier alpha value is -1.35. The Morgan fingerprint density at radius 2 is 2.05 bits per heavy atom. The van der Waals surface area contributed by atoms with Gasteiger partial charge in [0.05, 0.1) is 24.5 Å². The maximum Gasteiger partial charge on any atom is 0.326 e. The molecule has 1 atom stereocenters. The first-order valence-electron chi connectivity index (χ1n) is 6.60. The summed E-state index contributed by atoms with van der Waals surface area (Å²) in [7, 11) is -3.28. The molecular formula is C12H22N2O6S. The molecule has 0 bridgehead atoms. The average Bonchev–Trinajstić information content (AvgIpc) is 2.31. The van der Waals surface area contributed by atoms with E-state index in [1.54, 1.807) is 0 Å². The third-order valence-corrected chi connectivity index (χ3v) is 4.06. The van der Waals surface area contributed by atoms with Crippen molar-refractivity contribution in [3.05, 3.63) is 0 Å². The molecule has 0 saturated carbocycles. The SMILES string of the molecule is CC1(C)CN(C(=O)NC(CCS(C)(=O)=O)C(=O)O)CCO1. The van der Waals surface area contributed by atoms with E-state index >= 15 is 0 Å². The van der Waals surface area contributed by atoms with Crippen LogP contribution in [0, 0.1) is 0 Å². The maximum atomic E-state index is 12.1. The largest absolute Gasteiger partial charge is 0.480 e. The third-order valence-electron chi connectivity index (χ3n) is 3.09. The fourth-order valence-corrected chi connectivity index (χ4v) is 2.68. The summed E-state index contributed by atoms with van der Waals surface area (Å²) < 4.78 is 27.7. The first-order chi connectivity index (χ1) is 9.50. The van der Waals surface area contributed by atoms with E-state index in [4.69, 9.17) is 9.84 Å². The summed E-state index contributed by atoms with van der Waals surface area (Å²) in [6.07, 6.45) is 0.867. The standard InChI is InChI=1S/C12H22N2O6S/c1-12(2)8-14(5-6-20-12)11(17)13-9(10(15)16)4-7-21(3,18)19/h9H,4-8H2,1-3H3,(H,13,17)(H,15,16). The van der Waals surface area contributed by atoms with Crippen molar-refractivity contribution in [2.75, 3.05) is 31.7 Å². The van der Waals surface area contributed by atoms with E-state index in [9.17, 15) is 18.0 Å². The summed E-state index contributed by atoms with van der Waals surface area (Å²) in [4.78, 5) is 24.7. The summed E-state index contributed by atoms with van der Waals surface area (Å²) in [6, 6.07) is -1.74. The number of rotatable bonds is 5. The Kier molecular flexibility index (Phi) is 5.57. The summed E-state index contributed by atoms with van der Waals surface area (Å²) in [6.45, 7) is 4.77. The van der Waals surface area contributed by atoms with Crippen molar-refractivity contribution in [2.24, 2.45) is 0 Å². The highest BCUT2D eigenvalue weighted by molar-refractivity contribution is 7.90. The van der Waals surface area contributed by atoms with Crippen LogP contribution >= 0.6 is 0 Å². The minimum Gasteiger partial charge on any atom is -0.480 e.